The fraction of sp³-hybridized carbons (Fsp3) is 0.111. The molecule has 0 saturated heterocycles. The number of nitro benzene ring substituents is 1. The van der Waals surface area contributed by atoms with Crippen LogP contribution in [0.25, 0.3) is 0 Å². The van der Waals surface area contributed by atoms with Crippen LogP contribution in [0.4, 0.5) is 5.69 Å². The van der Waals surface area contributed by atoms with Gasteiger partial charge in [-0.05, 0) is 12.1 Å². The Balaban J connectivity index is 3.32. The van der Waals surface area contributed by atoms with Crippen LogP contribution in [0.3, 0.4) is 0 Å². The number of ether oxygens (including phenoxy) is 1. The molecule has 1 aromatic carbocycles. The summed E-state index contributed by atoms with van der Waals surface area (Å²) in [6.07, 6.45) is 0. The third kappa shape index (κ3) is 2.55. The first-order valence-electron chi connectivity index (χ1n) is 4.39. The van der Waals surface area contributed by atoms with Crippen molar-refractivity contribution in [2.45, 2.75) is 0 Å². The van der Waals surface area contributed by atoms with E-state index in [1.807, 2.05) is 5.43 Å². The third-order valence-corrected chi connectivity index (χ3v) is 1.99. The number of nitrogen functional groups attached to an aromatic ring is 1. The summed E-state index contributed by atoms with van der Waals surface area (Å²) in [5.74, 6) is 3.35. The van der Waals surface area contributed by atoms with Crippen molar-refractivity contribution in [1.82, 2.24) is 5.43 Å². The van der Waals surface area contributed by atoms with Gasteiger partial charge in [-0.2, -0.15) is 0 Å². The van der Waals surface area contributed by atoms with E-state index in [4.69, 9.17) is 5.84 Å². The molecule has 0 bridgehead atoms. The molecule has 0 aliphatic heterocycles. The summed E-state index contributed by atoms with van der Waals surface area (Å²) in [6.45, 7) is 0. The number of hydrogen-bond acceptors (Lipinski definition) is 6. The van der Waals surface area contributed by atoms with Gasteiger partial charge in [-0.3, -0.25) is 20.3 Å². The van der Waals surface area contributed by atoms with E-state index in [2.05, 4.69) is 4.74 Å². The van der Waals surface area contributed by atoms with Crippen molar-refractivity contribution in [2.24, 2.45) is 5.84 Å². The van der Waals surface area contributed by atoms with Gasteiger partial charge in [0.05, 0.1) is 12.0 Å². The molecule has 0 unspecified atom stereocenters. The molecule has 0 atom stereocenters. The Bertz CT molecular complexity index is 486. The van der Waals surface area contributed by atoms with E-state index < -0.39 is 22.5 Å². The quantitative estimate of drug-likeness (QED) is 0.251. The minimum atomic E-state index is -0.851. The SMILES string of the molecule is COC(=O)c1ccc(C(=O)NN)cc1[N+](=O)[O-]. The van der Waals surface area contributed by atoms with Gasteiger partial charge in [-0.1, -0.05) is 0 Å². The maximum absolute atomic E-state index is 11.2. The summed E-state index contributed by atoms with van der Waals surface area (Å²) < 4.78 is 4.39. The number of esters is 1. The number of nitro groups is 1. The smallest absolute Gasteiger partial charge is 0.344 e. The molecule has 0 radical (unpaired) electrons. The molecule has 1 aromatic rings. The van der Waals surface area contributed by atoms with Gasteiger partial charge in [-0.25, -0.2) is 10.6 Å². The normalized spacial score (nSPS) is 9.53. The first-order chi connectivity index (χ1) is 8.01. The van der Waals surface area contributed by atoms with Crippen molar-refractivity contribution >= 4 is 17.6 Å². The number of hydrogen-bond donors (Lipinski definition) is 2. The van der Waals surface area contributed by atoms with Crippen molar-refractivity contribution in [2.75, 3.05) is 7.11 Å². The second-order valence-electron chi connectivity index (χ2n) is 2.95. The van der Waals surface area contributed by atoms with Gasteiger partial charge in [0.2, 0.25) is 0 Å². The minimum absolute atomic E-state index is 0.0214. The first-order valence-corrected chi connectivity index (χ1v) is 4.39. The van der Waals surface area contributed by atoms with Gasteiger partial charge in [0.1, 0.15) is 5.56 Å². The van der Waals surface area contributed by atoms with Gasteiger partial charge in [0.15, 0.2) is 0 Å². The van der Waals surface area contributed by atoms with Gasteiger partial charge >= 0.3 is 5.97 Å². The molecule has 0 aromatic heterocycles. The van der Waals surface area contributed by atoms with Crippen LogP contribution in [0.2, 0.25) is 0 Å². The van der Waals surface area contributed by atoms with Crippen molar-refractivity contribution in [3.63, 3.8) is 0 Å². The molecular weight excluding hydrogens is 230 g/mol. The summed E-state index contributed by atoms with van der Waals surface area (Å²) in [5.41, 5.74) is 1.06. The van der Waals surface area contributed by atoms with Crippen LogP contribution in [0.15, 0.2) is 18.2 Å². The van der Waals surface area contributed by atoms with E-state index in [0.717, 1.165) is 19.2 Å². The van der Waals surface area contributed by atoms with E-state index in [9.17, 15) is 19.7 Å². The Morgan fingerprint density at radius 1 is 1.47 bits per heavy atom. The predicted molar refractivity (Wildman–Crippen MR) is 56.1 cm³/mol. The Labute approximate surface area is 95.5 Å². The summed E-state index contributed by atoms with van der Waals surface area (Å²) in [7, 11) is 1.10. The van der Waals surface area contributed by atoms with Gasteiger partial charge in [0, 0.05) is 11.6 Å². The molecule has 0 aliphatic rings. The minimum Gasteiger partial charge on any atom is -0.465 e. The molecule has 0 aliphatic carbocycles. The lowest BCUT2D eigenvalue weighted by Gasteiger charge is -2.03. The number of hydrazine groups is 1. The summed E-state index contributed by atoms with van der Waals surface area (Å²) >= 11 is 0. The Morgan fingerprint density at radius 2 is 2.12 bits per heavy atom. The zero-order valence-electron chi connectivity index (χ0n) is 8.80. The number of carbonyl (C=O) groups excluding carboxylic acids is 2. The number of amides is 1. The monoisotopic (exact) mass is 239 g/mol. The van der Waals surface area contributed by atoms with E-state index in [0.29, 0.717) is 0 Å². The van der Waals surface area contributed by atoms with Crippen molar-refractivity contribution in [3.8, 4) is 0 Å². The summed E-state index contributed by atoms with van der Waals surface area (Å²) in [5, 5.41) is 10.7. The van der Waals surface area contributed by atoms with Crippen LogP contribution in [0, 0.1) is 10.1 Å². The Hall–Kier alpha value is -2.48. The maximum atomic E-state index is 11.2. The lowest BCUT2D eigenvalue weighted by molar-refractivity contribution is -0.385. The predicted octanol–water partition coefficient (Wildman–Crippen LogP) is -0.0151. The molecular formula is C9H9N3O5. The molecule has 90 valence electrons. The molecule has 1 rings (SSSR count). The van der Waals surface area contributed by atoms with Crippen LogP contribution in [-0.4, -0.2) is 23.9 Å². The Morgan fingerprint density at radius 3 is 2.59 bits per heavy atom. The van der Waals surface area contributed by atoms with Gasteiger partial charge < -0.3 is 4.74 Å². The summed E-state index contributed by atoms with van der Waals surface area (Å²) in [4.78, 5) is 32.4. The number of nitrogens with zero attached hydrogens (tertiary/aromatic N) is 1. The lowest BCUT2D eigenvalue weighted by Crippen LogP contribution is -2.30. The number of benzene rings is 1. The van der Waals surface area contributed by atoms with E-state index in [1.165, 1.54) is 6.07 Å². The molecule has 0 heterocycles. The molecule has 1 amide bonds. The highest BCUT2D eigenvalue weighted by atomic mass is 16.6. The van der Waals surface area contributed by atoms with Crippen molar-refractivity contribution in [3.05, 3.63) is 39.4 Å². The van der Waals surface area contributed by atoms with E-state index >= 15 is 0 Å². The van der Waals surface area contributed by atoms with Crippen LogP contribution < -0.4 is 11.3 Å². The topological polar surface area (TPSA) is 125 Å². The molecule has 8 nitrogen and oxygen atoms in total. The zero-order valence-corrected chi connectivity index (χ0v) is 8.80. The summed E-state index contributed by atoms with van der Waals surface area (Å²) in [6, 6.07) is 3.32. The molecule has 3 N–H and O–H groups in total. The number of methoxy groups -OCH3 is 1. The second kappa shape index (κ2) is 5.03. The fourth-order valence-corrected chi connectivity index (χ4v) is 1.19. The molecule has 0 spiro atoms. The zero-order chi connectivity index (χ0) is 13.0. The van der Waals surface area contributed by atoms with Gasteiger partial charge in [-0.15, -0.1) is 0 Å². The average Bonchev–Trinajstić information content (AvgIpc) is 2.35. The number of nitrogens with two attached hydrogens (primary N) is 1. The lowest BCUT2D eigenvalue weighted by atomic mass is 10.1. The van der Waals surface area contributed by atoms with Crippen LogP contribution in [0.1, 0.15) is 20.7 Å². The largest absolute Gasteiger partial charge is 0.465 e. The van der Waals surface area contributed by atoms with Crippen LogP contribution >= 0.6 is 0 Å². The maximum Gasteiger partial charge on any atom is 0.344 e. The molecule has 0 fully saturated rings. The highest BCUT2D eigenvalue weighted by molar-refractivity contribution is 5.98. The third-order valence-electron chi connectivity index (χ3n) is 1.99. The van der Waals surface area contributed by atoms with Crippen LogP contribution in [-0.2, 0) is 4.74 Å². The molecule has 0 saturated carbocycles. The highest BCUT2D eigenvalue weighted by Gasteiger charge is 2.22. The van der Waals surface area contributed by atoms with E-state index in [-0.39, 0.29) is 11.1 Å². The number of nitrogens with one attached hydrogen (secondary N) is 1. The highest BCUT2D eigenvalue weighted by Crippen LogP contribution is 2.21. The number of carbonyl (C=O) groups is 2. The molecule has 8 heteroatoms. The van der Waals surface area contributed by atoms with E-state index in [1.54, 1.807) is 0 Å². The van der Waals surface area contributed by atoms with Gasteiger partial charge in [0.25, 0.3) is 11.6 Å². The van der Waals surface area contributed by atoms with Crippen molar-refractivity contribution in [1.29, 1.82) is 0 Å². The first kappa shape index (κ1) is 12.6. The van der Waals surface area contributed by atoms with Crippen LogP contribution in [0.5, 0.6) is 0 Å². The van der Waals surface area contributed by atoms with Crippen molar-refractivity contribution < 1.29 is 19.2 Å². The average molecular weight is 239 g/mol. The molecule has 17 heavy (non-hydrogen) atoms. The number of rotatable bonds is 3. The fourth-order valence-electron chi connectivity index (χ4n) is 1.19. The second-order valence-corrected chi connectivity index (χ2v) is 2.95. The Kier molecular flexibility index (Phi) is 3.73. The standard InChI is InChI=1S/C9H9N3O5/c1-17-9(14)6-3-2-5(8(13)11-10)4-7(6)12(15)16/h2-4H,10H2,1H3,(H,11,13).